The fourth-order valence-electron chi connectivity index (χ4n) is 2.91. The Morgan fingerprint density at radius 2 is 2.13 bits per heavy atom. The lowest BCUT2D eigenvalue weighted by atomic mass is 10.0. The Bertz CT molecular complexity index is 733. The minimum Gasteiger partial charge on any atom is -0.497 e. The normalized spacial score (nSPS) is 14.5. The van der Waals surface area contributed by atoms with E-state index in [-0.39, 0.29) is 5.91 Å². The monoisotopic (exact) mass is 330 g/mol. The molecule has 4 nitrogen and oxygen atoms in total. The molecule has 3 rings (SSSR count). The number of ether oxygens (including phenoxy) is 1. The van der Waals surface area contributed by atoms with Gasteiger partial charge in [0, 0.05) is 17.3 Å². The molecular weight excluding hydrogens is 312 g/mol. The van der Waals surface area contributed by atoms with E-state index in [0.717, 1.165) is 17.7 Å². The summed E-state index contributed by atoms with van der Waals surface area (Å²) in [5, 5.41) is 0.564. The number of fused-ring (bicyclic) bond motifs is 1. The molecule has 1 aliphatic heterocycles. The zero-order chi connectivity index (χ0) is 16.4. The van der Waals surface area contributed by atoms with Crippen LogP contribution in [-0.4, -0.2) is 25.6 Å². The van der Waals surface area contributed by atoms with Crippen LogP contribution in [0.4, 0.5) is 5.69 Å². The molecule has 0 radical (unpaired) electrons. The van der Waals surface area contributed by atoms with Crippen LogP contribution in [0.3, 0.4) is 0 Å². The first kappa shape index (κ1) is 15.8. The lowest BCUT2D eigenvalue weighted by molar-refractivity contribution is -0.119. The number of carbonyl (C=O) groups excluding carboxylic acids is 1. The van der Waals surface area contributed by atoms with Gasteiger partial charge in [0.25, 0.3) is 0 Å². The summed E-state index contributed by atoms with van der Waals surface area (Å²) in [5.41, 5.74) is 9.15. The molecule has 0 aliphatic carbocycles. The number of amides is 1. The fraction of sp³-hybridized carbons (Fsp3) is 0.278. The molecule has 1 atom stereocenters. The van der Waals surface area contributed by atoms with Crippen LogP contribution >= 0.6 is 11.6 Å². The van der Waals surface area contributed by atoms with Gasteiger partial charge >= 0.3 is 0 Å². The van der Waals surface area contributed by atoms with E-state index in [9.17, 15) is 4.79 Å². The molecule has 0 spiro atoms. The standard InChI is InChI=1S/C18H19ClN2O2/c1-23-14-7-6-13(15(19)11-14)10-16(20)18(22)21-9-8-12-4-2-3-5-17(12)21/h2-7,11,16H,8-10,20H2,1H3. The maximum atomic E-state index is 12.7. The molecular formula is C18H19ClN2O2. The van der Waals surface area contributed by atoms with Crippen LogP contribution in [-0.2, 0) is 17.6 Å². The molecule has 2 N–H and O–H groups in total. The molecule has 0 saturated heterocycles. The van der Waals surface area contributed by atoms with Crippen molar-refractivity contribution in [3.63, 3.8) is 0 Å². The van der Waals surface area contributed by atoms with Crippen molar-refractivity contribution in [1.29, 1.82) is 0 Å². The van der Waals surface area contributed by atoms with Crippen molar-refractivity contribution in [2.75, 3.05) is 18.6 Å². The second-order valence-electron chi connectivity index (χ2n) is 5.64. The minimum absolute atomic E-state index is 0.0677. The van der Waals surface area contributed by atoms with Crippen LogP contribution < -0.4 is 15.4 Å². The van der Waals surface area contributed by atoms with Gasteiger partial charge in [-0.15, -0.1) is 0 Å². The lowest BCUT2D eigenvalue weighted by Gasteiger charge is -2.22. The number of hydrogen-bond donors (Lipinski definition) is 1. The molecule has 2 aromatic carbocycles. The molecule has 0 saturated carbocycles. The van der Waals surface area contributed by atoms with Gasteiger partial charge in [-0.25, -0.2) is 0 Å². The number of nitrogens with two attached hydrogens (primary N) is 1. The van der Waals surface area contributed by atoms with E-state index < -0.39 is 6.04 Å². The molecule has 1 heterocycles. The number of carbonyl (C=O) groups is 1. The van der Waals surface area contributed by atoms with Crippen LogP contribution in [0.25, 0.3) is 0 Å². The first-order valence-corrected chi connectivity index (χ1v) is 7.95. The Kier molecular flexibility index (Phi) is 4.55. The van der Waals surface area contributed by atoms with Gasteiger partial charge in [-0.1, -0.05) is 35.9 Å². The van der Waals surface area contributed by atoms with E-state index in [0.29, 0.717) is 23.7 Å². The van der Waals surface area contributed by atoms with Gasteiger partial charge < -0.3 is 15.4 Å². The van der Waals surface area contributed by atoms with Crippen LogP contribution in [0.15, 0.2) is 42.5 Å². The predicted octanol–water partition coefficient (Wildman–Crippen LogP) is 2.81. The number of nitrogens with zero attached hydrogens (tertiary/aromatic N) is 1. The fourth-order valence-corrected chi connectivity index (χ4v) is 3.16. The van der Waals surface area contributed by atoms with Crippen molar-refractivity contribution < 1.29 is 9.53 Å². The SMILES string of the molecule is COc1ccc(CC(N)C(=O)N2CCc3ccccc32)c(Cl)c1. The smallest absolute Gasteiger partial charge is 0.244 e. The van der Waals surface area contributed by atoms with Gasteiger partial charge in [0.05, 0.1) is 13.2 Å². The van der Waals surface area contributed by atoms with Crippen LogP contribution in [0, 0.1) is 0 Å². The van der Waals surface area contributed by atoms with Gasteiger partial charge in [0.15, 0.2) is 0 Å². The van der Waals surface area contributed by atoms with E-state index >= 15 is 0 Å². The Morgan fingerprint density at radius 3 is 2.87 bits per heavy atom. The molecule has 120 valence electrons. The minimum atomic E-state index is -0.618. The summed E-state index contributed by atoms with van der Waals surface area (Å²) in [7, 11) is 1.59. The third-order valence-corrected chi connectivity index (χ3v) is 4.52. The van der Waals surface area contributed by atoms with Crippen molar-refractivity contribution in [2.45, 2.75) is 18.9 Å². The number of methoxy groups -OCH3 is 1. The van der Waals surface area contributed by atoms with E-state index in [2.05, 4.69) is 6.07 Å². The number of anilines is 1. The predicted molar refractivity (Wildman–Crippen MR) is 92.2 cm³/mol. The average molecular weight is 331 g/mol. The number of benzene rings is 2. The summed E-state index contributed by atoms with van der Waals surface area (Å²) < 4.78 is 5.13. The quantitative estimate of drug-likeness (QED) is 0.938. The van der Waals surface area contributed by atoms with Crippen molar-refractivity contribution in [3.05, 3.63) is 58.6 Å². The third-order valence-electron chi connectivity index (χ3n) is 4.17. The maximum Gasteiger partial charge on any atom is 0.244 e. The molecule has 1 aliphatic rings. The van der Waals surface area contributed by atoms with Crippen LogP contribution in [0.2, 0.25) is 5.02 Å². The number of halogens is 1. The number of hydrogen-bond acceptors (Lipinski definition) is 3. The van der Waals surface area contributed by atoms with E-state index in [4.69, 9.17) is 22.1 Å². The van der Waals surface area contributed by atoms with Crippen molar-refractivity contribution in [1.82, 2.24) is 0 Å². The van der Waals surface area contributed by atoms with Crippen molar-refractivity contribution in [2.24, 2.45) is 5.73 Å². The molecule has 23 heavy (non-hydrogen) atoms. The number of para-hydroxylation sites is 1. The largest absolute Gasteiger partial charge is 0.497 e. The van der Waals surface area contributed by atoms with Gasteiger partial charge in [0.1, 0.15) is 5.75 Å². The summed E-state index contributed by atoms with van der Waals surface area (Å²) in [4.78, 5) is 14.5. The highest BCUT2D eigenvalue weighted by Crippen LogP contribution is 2.29. The van der Waals surface area contributed by atoms with E-state index in [1.165, 1.54) is 5.56 Å². The summed E-state index contributed by atoms with van der Waals surface area (Å²) in [6, 6.07) is 12.7. The Balaban J connectivity index is 1.74. The second-order valence-corrected chi connectivity index (χ2v) is 6.04. The van der Waals surface area contributed by atoms with Gasteiger partial charge in [0.2, 0.25) is 5.91 Å². The lowest BCUT2D eigenvalue weighted by Crippen LogP contribution is -2.44. The molecule has 5 heteroatoms. The zero-order valence-electron chi connectivity index (χ0n) is 13.0. The molecule has 0 aromatic heterocycles. The van der Waals surface area contributed by atoms with E-state index in [1.54, 1.807) is 18.1 Å². The van der Waals surface area contributed by atoms with Crippen LogP contribution in [0.5, 0.6) is 5.75 Å². The molecule has 0 fully saturated rings. The van der Waals surface area contributed by atoms with Gasteiger partial charge in [-0.3, -0.25) is 4.79 Å². The summed E-state index contributed by atoms with van der Waals surface area (Å²) in [6.45, 7) is 0.683. The molecule has 1 amide bonds. The highest BCUT2D eigenvalue weighted by molar-refractivity contribution is 6.31. The Hall–Kier alpha value is -2.04. The first-order valence-electron chi connectivity index (χ1n) is 7.57. The highest BCUT2D eigenvalue weighted by Gasteiger charge is 2.28. The van der Waals surface area contributed by atoms with Crippen molar-refractivity contribution in [3.8, 4) is 5.75 Å². The Morgan fingerprint density at radius 1 is 1.35 bits per heavy atom. The van der Waals surface area contributed by atoms with Crippen molar-refractivity contribution >= 4 is 23.2 Å². The first-order chi connectivity index (χ1) is 11.1. The summed E-state index contributed by atoms with van der Waals surface area (Å²) in [6.07, 6.45) is 1.28. The second kappa shape index (κ2) is 6.60. The maximum absolute atomic E-state index is 12.7. The van der Waals surface area contributed by atoms with Gasteiger partial charge in [-0.2, -0.15) is 0 Å². The topological polar surface area (TPSA) is 55.6 Å². The highest BCUT2D eigenvalue weighted by atomic mass is 35.5. The average Bonchev–Trinajstić information content (AvgIpc) is 2.99. The summed E-state index contributed by atoms with van der Waals surface area (Å²) >= 11 is 6.24. The molecule has 0 bridgehead atoms. The Labute approximate surface area is 140 Å². The third kappa shape index (κ3) is 3.19. The zero-order valence-corrected chi connectivity index (χ0v) is 13.7. The number of rotatable bonds is 4. The molecule has 2 aromatic rings. The van der Waals surface area contributed by atoms with Gasteiger partial charge in [-0.05, 0) is 42.2 Å². The van der Waals surface area contributed by atoms with Crippen LogP contribution in [0.1, 0.15) is 11.1 Å². The molecule has 1 unspecified atom stereocenters. The van der Waals surface area contributed by atoms with E-state index in [1.807, 2.05) is 30.3 Å². The summed E-state index contributed by atoms with van der Waals surface area (Å²) in [5.74, 6) is 0.619.